The van der Waals surface area contributed by atoms with Crippen LogP contribution in [-0.2, 0) is 10.0 Å². The molecular formula is C12H17ClF2N2O2S. The van der Waals surface area contributed by atoms with E-state index in [1.165, 1.54) is 0 Å². The Bertz CT molecular complexity index is 548. The van der Waals surface area contributed by atoms with Crippen LogP contribution in [0.1, 0.15) is 12.8 Å². The Labute approximate surface area is 123 Å². The van der Waals surface area contributed by atoms with Gasteiger partial charge in [-0.1, -0.05) is 0 Å². The molecule has 0 bridgehead atoms. The predicted octanol–water partition coefficient (Wildman–Crippen LogP) is 1.66. The van der Waals surface area contributed by atoms with E-state index in [1.54, 1.807) is 0 Å². The second-order valence-corrected chi connectivity index (χ2v) is 6.36. The molecule has 114 valence electrons. The van der Waals surface area contributed by atoms with Crippen LogP contribution in [0.5, 0.6) is 0 Å². The smallest absolute Gasteiger partial charge is 0.243 e. The van der Waals surface area contributed by atoms with E-state index in [4.69, 9.17) is 0 Å². The van der Waals surface area contributed by atoms with Crippen LogP contribution in [0.3, 0.4) is 0 Å². The largest absolute Gasteiger partial charge is 0.316 e. The molecule has 1 fully saturated rings. The second-order valence-electron chi connectivity index (χ2n) is 4.62. The van der Waals surface area contributed by atoms with E-state index in [-0.39, 0.29) is 19.0 Å². The van der Waals surface area contributed by atoms with Gasteiger partial charge in [0, 0.05) is 12.6 Å². The van der Waals surface area contributed by atoms with Crippen molar-refractivity contribution in [2.45, 2.75) is 17.7 Å². The molecule has 4 nitrogen and oxygen atoms in total. The van der Waals surface area contributed by atoms with E-state index in [1.807, 2.05) is 0 Å². The minimum absolute atomic E-state index is 0. The van der Waals surface area contributed by atoms with Crippen LogP contribution in [0, 0.1) is 17.6 Å². The fraction of sp³-hybridized carbons (Fsp3) is 0.500. The van der Waals surface area contributed by atoms with E-state index in [2.05, 4.69) is 10.0 Å². The van der Waals surface area contributed by atoms with Crippen LogP contribution in [0.15, 0.2) is 23.1 Å². The molecule has 2 N–H and O–H groups in total. The molecule has 1 atom stereocenters. The van der Waals surface area contributed by atoms with Gasteiger partial charge < -0.3 is 5.32 Å². The third-order valence-electron chi connectivity index (χ3n) is 3.19. The lowest BCUT2D eigenvalue weighted by atomic mass is 10.1. The van der Waals surface area contributed by atoms with Gasteiger partial charge >= 0.3 is 0 Å². The molecular weight excluding hydrogens is 310 g/mol. The predicted molar refractivity (Wildman–Crippen MR) is 74.4 cm³/mol. The molecule has 2 rings (SSSR count). The molecule has 1 saturated heterocycles. The van der Waals surface area contributed by atoms with Gasteiger partial charge in [-0.15, -0.1) is 12.4 Å². The quantitative estimate of drug-likeness (QED) is 0.865. The molecule has 0 aromatic heterocycles. The van der Waals surface area contributed by atoms with Gasteiger partial charge in [0.2, 0.25) is 10.0 Å². The first-order chi connectivity index (χ1) is 8.99. The zero-order chi connectivity index (χ0) is 13.9. The monoisotopic (exact) mass is 326 g/mol. The summed E-state index contributed by atoms with van der Waals surface area (Å²) in [5, 5.41) is 3.19. The Morgan fingerprint density at radius 2 is 2.10 bits per heavy atom. The first-order valence-electron chi connectivity index (χ1n) is 6.14. The Balaban J connectivity index is 0.00000200. The minimum Gasteiger partial charge on any atom is -0.316 e. The molecule has 1 aromatic carbocycles. The molecule has 20 heavy (non-hydrogen) atoms. The summed E-state index contributed by atoms with van der Waals surface area (Å²) in [6.45, 7) is 2.09. The van der Waals surface area contributed by atoms with Gasteiger partial charge in [-0.05, 0) is 44.0 Å². The van der Waals surface area contributed by atoms with Crippen molar-refractivity contribution in [2.75, 3.05) is 19.6 Å². The van der Waals surface area contributed by atoms with Crippen molar-refractivity contribution >= 4 is 22.4 Å². The summed E-state index contributed by atoms with van der Waals surface area (Å²) in [7, 11) is -3.91. The van der Waals surface area contributed by atoms with Crippen molar-refractivity contribution in [1.29, 1.82) is 0 Å². The van der Waals surface area contributed by atoms with E-state index >= 15 is 0 Å². The lowest BCUT2D eigenvalue weighted by molar-refractivity contribution is 0.514. The van der Waals surface area contributed by atoms with Gasteiger partial charge in [-0.3, -0.25) is 0 Å². The number of halogens is 3. The molecule has 1 aliphatic heterocycles. The van der Waals surface area contributed by atoms with Gasteiger partial charge in [0.25, 0.3) is 0 Å². The highest BCUT2D eigenvalue weighted by Crippen LogP contribution is 2.16. The summed E-state index contributed by atoms with van der Waals surface area (Å²) in [6.07, 6.45) is 1.72. The zero-order valence-corrected chi connectivity index (χ0v) is 12.4. The molecule has 1 aromatic rings. The van der Waals surface area contributed by atoms with Crippen LogP contribution < -0.4 is 10.0 Å². The molecule has 0 saturated carbocycles. The average Bonchev–Trinajstić information content (AvgIpc) is 2.81. The highest BCUT2D eigenvalue weighted by atomic mass is 35.5. The number of nitrogens with one attached hydrogen (secondary N) is 2. The summed E-state index contributed by atoms with van der Waals surface area (Å²) < 4.78 is 52.2. The molecule has 0 aliphatic carbocycles. The summed E-state index contributed by atoms with van der Waals surface area (Å²) in [4.78, 5) is -0.515. The maximum Gasteiger partial charge on any atom is 0.243 e. The lowest BCUT2D eigenvalue weighted by Gasteiger charge is -2.10. The summed E-state index contributed by atoms with van der Waals surface area (Å²) in [6, 6.07) is 2.43. The van der Waals surface area contributed by atoms with Crippen molar-refractivity contribution in [3.8, 4) is 0 Å². The second kappa shape index (κ2) is 7.31. The Morgan fingerprint density at radius 3 is 2.70 bits per heavy atom. The van der Waals surface area contributed by atoms with Crippen LogP contribution in [0.2, 0.25) is 0 Å². The molecule has 1 heterocycles. The zero-order valence-electron chi connectivity index (χ0n) is 10.7. The van der Waals surface area contributed by atoms with Gasteiger partial charge in [0.1, 0.15) is 16.5 Å². The van der Waals surface area contributed by atoms with Gasteiger partial charge in [-0.25, -0.2) is 21.9 Å². The van der Waals surface area contributed by atoms with Gasteiger partial charge in [-0.2, -0.15) is 0 Å². The molecule has 0 radical (unpaired) electrons. The van der Waals surface area contributed by atoms with Crippen molar-refractivity contribution < 1.29 is 17.2 Å². The molecule has 0 spiro atoms. The van der Waals surface area contributed by atoms with E-state index in [0.717, 1.165) is 31.6 Å². The minimum atomic E-state index is -3.91. The normalized spacial score (nSPS) is 18.8. The Hall–Kier alpha value is -0.760. The first kappa shape index (κ1) is 17.3. The van der Waals surface area contributed by atoms with Crippen molar-refractivity contribution in [3.05, 3.63) is 29.8 Å². The van der Waals surface area contributed by atoms with Gasteiger partial charge in [0.15, 0.2) is 0 Å². The fourth-order valence-corrected chi connectivity index (χ4v) is 3.23. The van der Waals surface area contributed by atoms with Crippen LogP contribution in [0.4, 0.5) is 8.78 Å². The number of sulfonamides is 1. The van der Waals surface area contributed by atoms with Crippen molar-refractivity contribution in [1.82, 2.24) is 10.0 Å². The summed E-state index contributed by atoms with van der Waals surface area (Å²) in [5.74, 6) is -1.43. The van der Waals surface area contributed by atoms with Crippen LogP contribution in [0.25, 0.3) is 0 Å². The van der Waals surface area contributed by atoms with Gasteiger partial charge in [0.05, 0.1) is 0 Å². The molecule has 0 amide bonds. The standard InChI is InChI=1S/C12H16F2N2O2S.ClH/c13-10-1-2-12(11(14)7-10)19(17,18)16-6-4-9-3-5-15-8-9;/h1-2,7,9,15-16H,3-6,8H2;1H. The Kier molecular flexibility index (Phi) is 6.32. The summed E-state index contributed by atoms with van der Waals surface area (Å²) in [5.41, 5.74) is 0. The molecule has 1 aliphatic rings. The van der Waals surface area contributed by atoms with E-state index in [9.17, 15) is 17.2 Å². The van der Waals surface area contributed by atoms with Crippen LogP contribution in [-0.4, -0.2) is 28.1 Å². The topological polar surface area (TPSA) is 58.2 Å². The first-order valence-corrected chi connectivity index (χ1v) is 7.63. The summed E-state index contributed by atoms with van der Waals surface area (Å²) >= 11 is 0. The lowest BCUT2D eigenvalue weighted by Crippen LogP contribution is -2.27. The number of benzene rings is 1. The highest BCUT2D eigenvalue weighted by molar-refractivity contribution is 7.89. The van der Waals surface area contributed by atoms with E-state index in [0.29, 0.717) is 18.4 Å². The third-order valence-corrected chi connectivity index (χ3v) is 4.68. The van der Waals surface area contributed by atoms with Crippen molar-refractivity contribution in [2.24, 2.45) is 5.92 Å². The van der Waals surface area contributed by atoms with E-state index < -0.39 is 26.6 Å². The number of hydrogen-bond donors (Lipinski definition) is 2. The molecule has 1 unspecified atom stereocenters. The Morgan fingerprint density at radius 1 is 1.35 bits per heavy atom. The maximum atomic E-state index is 13.4. The number of rotatable bonds is 5. The average molecular weight is 327 g/mol. The fourth-order valence-electron chi connectivity index (χ4n) is 2.13. The van der Waals surface area contributed by atoms with Crippen molar-refractivity contribution in [3.63, 3.8) is 0 Å². The van der Waals surface area contributed by atoms with Crippen LogP contribution >= 0.6 is 12.4 Å². The molecule has 8 heteroatoms. The SMILES string of the molecule is Cl.O=S(=O)(NCCC1CCNC1)c1ccc(F)cc1F. The highest BCUT2D eigenvalue weighted by Gasteiger charge is 2.20. The third kappa shape index (κ3) is 4.37. The number of hydrogen-bond acceptors (Lipinski definition) is 3. The maximum absolute atomic E-state index is 13.4.